The topological polar surface area (TPSA) is 68.0 Å². The number of aromatic carboxylic acids is 1. The predicted octanol–water partition coefficient (Wildman–Crippen LogP) is 3.50. The van der Waals surface area contributed by atoms with Crippen molar-refractivity contribution in [3.8, 4) is 22.6 Å². The minimum atomic E-state index is -1.03. The normalized spacial score (nSPS) is 10.6. The van der Waals surface area contributed by atoms with Gasteiger partial charge in [-0.05, 0) is 35.9 Å². The van der Waals surface area contributed by atoms with Gasteiger partial charge in [0.1, 0.15) is 11.4 Å². The van der Waals surface area contributed by atoms with Crippen LogP contribution in [0.5, 0.6) is 0 Å². The number of pyridine rings is 1. The van der Waals surface area contributed by atoms with Gasteiger partial charge in [0.25, 0.3) is 0 Å². The summed E-state index contributed by atoms with van der Waals surface area (Å²) in [5, 5.41) is 14.3. The van der Waals surface area contributed by atoms with Crippen molar-refractivity contribution < 1.29 is 9.90 Å². The Labute approximate surface area is 131 Å². The summed E-state index contributed by atoms with van der Waals surface area (Å²) in [4.78, 5) is 15.5. The first kappa shape index (κ1) is 14.3. The summed E-state index contributed by atoms with van der Waals surface area (Å²) in [6, 6.07) is 12.3. The highest BCUT2D eigenvalue weighted by molar-refractivity contribution is 6.30. The molecule has 0 saturated carbocycles. The Hall–Kier alpha value is -2.66. The average Bonchev–Trinajstić information content (AvgIpc) is 2.90. The molecule has 0 radical (unpaired) electrons. The molecule has 0 amide bonds. The van der Waals surface area contributed by atoms with E-state index in [1.165, 1.54) is 6.07 Å². The number of carboxylic acids is 1. The van der Waals surface area contributed by atoms with Gasteiger partial charge in [0.2, 0.25) is 0 Å². The summed E-state index contributed by atoms with van der Waals surface area (Å²) in [7, 11) is 1.80. The van der Waals surface area contributed by atoms with E-state index in [4.69, 9.17) is 11.6 Å². The Morgan fingerprint density at radius 3 is 2.64 bits per heavy atom. The van der Waals surface area contributed by atoms with Crippen molar-refractivity contribution in [1.82, 2.24) is 14.8 Å². The second-order valence-electron chi connectivity index (χ2n) is 4.75. The molecule has 0 aliphatic rings. The molecule has 0 spiro atoms. The lowest BCUT2D eigenvalue weighted by molar-refractivity contribution is 0.0697. The molecule has 0 unspecified atom stereocenters. The molecule has 0 atom stereocenters. The fourth-order valence-electron chi connectivity index (χ4n) is 2.26. The molecule has 0 aliphatic carbocycles. The molecule has 0 saturated heterocycles. The molecule has 2 aromatic heterocycles. The average molecular weight is 314 g/mol. The molecular weight excluding hydrogens is 302 g/mol. The monoisotopic (exact) mass is 313 g/mol. The van der Waals surface area contributed by atoms with Crippen LogP contribution in [0.3, 0.4) is 0 Å². The zero-order chi connectivity index (χ0) is 15.7. The first-order valence-corrected chi connectivity index (χ1v) is 6.92. The number of carbonyl (C=O) groups is 1. The lowest BCUT2D eigenvalue weighted by Gasteiger charge is -2.00. The highest BCUT2D eigenvalue weighted by Crippen LogP contribution is 2.27. The van der Waals surface area contributed by atoms with E-state index in [-0.39, 0.29) is 5.56 Å². The Balaban J connectivity index is 2.10. The summed E-state index contributed by atoms with van der Waals surface area (Å²) >= 11 is 5.90. The third kappa shape index (κ3) is 2.58. The minimum absolute atomic E-state index is 0.128. The van der Waals surface area contributed by atoms with Crippen LogP contribution < -0.4 is 0 Å². The van der Waals surface area contributed by atoms with Crippen LogP contribution in [-0.2, 0) is 7.05 Å². The molecule has 0 aliphatic heterocycles. The fourth-order valence-corrected chi connectivity index (χ4v) is 2.38. The molecule has 1 aromatic carbocycles. The van der Waals surface area contributed by atoms with Crippen LogP contribution in [0.15, 0.2) is 48.7 Å². The van der Waals surface area contributed by atoms with Crippen molar-refractivity contribution in [1.29, 1.82) is 0 Å². The molecule has 0 bridgehead atoms. The van der Waals surface area contributed by atoms with Crippen LogP contribution in [0.1, 0.15) is 10.4 Å². The third-order valence-electron chi connectivity index (χ3n) is 3.30. The number of benzene rings is 1. The Morgan fingerprint density at radius 2 is 1.95 bits per heavy atom. The summed E-state index contributed by atoms with van der Waals surface area (Å²) in [6.45, 7) is 0. The van der Waals surface area contributed by atoms with Crippen LogP contribution in [0.4, 0.5) is 0 Å². The zero-order valence-electron chi connectivity index (χ0n) is 11.7. The Bertz CT molecular complexity index is 841. The van der Waals surface area contributed by atoms with Crippen molar-refractivity contribution >= 4 is 17.6 Å². The lowest BCUT2D eigenvalue weighted by Crippen LogP contribution is -2.01. The Kier molecular flexibility index (Phi) is 3.65. The van der Waals surface area contributed by atoms with Crippen LogP contribution in [0.2, 0.25) is 5.02 Å². The fraction of sp³-hybridized carbons (Fsp3) is 0.0625. The molecule has 3 aromatic rings. The van der Waals surface area contributed by atoms with E-state index >= 15 is 0 Å². The highest BCUT2D eigenvalue weighted by atomic mass is 35.5. The second-order valence-corrected chi connectivity index (χ2v) is 5.19. The molecule has 1 N–H and O–H groups in total. The van der Waals surface area contributed by atoms with Gasteiger partial charge in [0.05, 0.1) is 11.3 Å². The van der Waals surface area contributed by atoms with E-state index in [1.807, 2.05) is 18.2 Å². The summed E-state index contributed by atoms with van der Waals surface area (Å²) in [5.74, 6) is -1.03. The van der Waals surface area contributed by atoms with Gasteiger partial charge in [-0.15, -0.1) is 0 Å². The number of hydrogen-bond donors (Lipinski definition) is 1. The predicted molar refractivity (Wildman–Crippen MR) is 83.8 cm³/mol. The molecule has 0 fully saturated rings. The maximum absolute atomic E-state index is 11.3. The first-order valence-electron chi connectivity index (χ1n) is 6.55. The second kappa shape index (κ2) is 5.61. The number of carboxylic acid groups (broad SMARTS) is 1. The molecule has 6 heteroatoms. The molecule has 2 heterocycles. The number of aromatic nitrogens is 3. The van der Waals surface area contributed by atoms with Crippen LogP contribution in [0, 0.1) is 0 Å². The molecule has 3 rings (SSSR count). The SMILES string of the molecule is Cn1nc(-c2ncccc2C(=O)O)cc1-c1ccc(Cl)cc1. The van der Waals surface area contributed by atoms with Crippen LogP contribution in [0.25, 0.3) is 22.6 Å². The molecule has 110 valence electrons. The van der Waals surface area contributed by atoms with Gasteiger partial charge >= 0.3 is 5.97 Å². The minimum Gasteiger partial charge on any atom is -0.478 e. The lowest BCUT2D eigenvalue weighted by atomic mass is 10.1. The summed E-state index contributed by atoms with van der Waals surface area (Å²) < 4.78 is 1.69. The van der Waals surface area contributed by atoms with Crippen molar-refractivity contribution in [2.45, 2.75) is 0 Å². The van der Waals surface area contributed by atoms with E-state index < -0.39 is 5.97 Å². The van der Waals surface area contributed by atoms with Gasteiger partial charge < -0.3 is 5.11 Å². The van der Waals surface area contributed by atoms with Crippen molar-refractivity contribution in [2.75, 3.05) is 0 Å². The van der Waals surface area contributed by atoms with E-state index in [9.17, 15) is 9.90 Å². The van der Waals surface area contributed by atoms with Gasteiger partial charge in [-0.2, -0.15) is 5.10 Å². The number of aryl methyl sites for hydroxylation is 1. The highest BCUT2D eigenvalue weighted by Gasteiger charge is 2.17. The van der Waals surface area contributed by atoms with E-state index in [0.29, 0.717) is 16.4 Å². The van der Waals surface area contributed by atoms with Crippen LogP contribution in [-0.4, -0.2) is 25.8 Å². The smallest absolute Gasteiger partial charge is 0.337 e. The molecular formula is C16H12ClN3O2. The zero-order valence-corrected chi connectivity index (χ0v) is 12.4. The van der Waals surface area contributed by atoms with Crippen molar-refractivity contribution in [3.63, 3.8) is 0 Å². The van der Waals surface area contributed by atoms with Crippen LogP contribution >= 0.6 is 11.6 Å². The van der Waals surface area contributed by atoms with Crippen molar-refractivity contribution in [3.05, 3.63) is 59.2 Å². The van der Waals surface area contributed by atoms with Gasteiger partial charge in [-0.25, -0.2) is 4.79 Å². The van der Waals surface area contributed by atoms with Gasteiger partial charge in [0.15, 0.2) is 0 Å². The standard InChI is InChI=1S/C16H12ClN3O2/c1-20-14(10-4-6-11(17)7-5-10)9-13(19-20)15-12(16(21)22)3-2-8-18-15/h2-9H,1H3,(H,21,22). The first-order chi connectivity index (χ1) is 10.6. The Morgan fingerprint density at radius 1 is 1.23 bits per heavy atom. The molecule has 22 heavy (non-hydrogen) atoms. The number of nitrogens with zero attached hydrogens (tertiary/aromatic N) is 3. The molecule has 5 nitrogen and oxygen atoms in total. The van der Waals surface area contributed by atoms with E-state index in [1.54, 1.807) is 36.1 Å². The number of halogens is 1. The summed E-state index contributed by atoms with van der Waals surface area (Å²) in [5.41, 5.74) is 2.80. The largest absolute Gasteiger partial charge is 0.478 e. The third-order valence-corrected chi connectivity index (χ3v) is 3.55. The summed E-state index contributed by atoms with van der Waals surface area (Å²) in [6.07, 6.45) is 1.55. The van der Waals surface area contributed by atoms with Crippen molar-refractivity contribution in [2.24, 2.45) is 7.05 Å². The van der Waals surface area contributed by atoms with Gasteiger partial charge in [0, 0.05) is 18.3 Å². The maximum Gasteiger partial charge on any atom is 0.337 e. The number of rotatable bonds is 3. The van der Waals surface area contributed by atoms with Gasteiger partial charge in [-0.1, -0.05) is 23.7 Å². The van der Waals surface area contributed by atoms with E-state index in [0.717, 1.165) is 11.3 Å². The van der Waals surface area contributed by atoms with E-state index in [2.05, 4.69) is 10.1 Å². The quantitative estimate of drug-likeness (QED) is 0.803. The number of hydrogen-bond acceptors (Lipinski definition) is 3. The van der Waals surface area contributed by atoms with Gasteiger partial charge in [-0.3, -0.25) is 9.67 Å². The maximum atomic E-state index is 11.3.